The van der Waals surface area contributed by atoms with Gasteiger partial charge in [-0.25, -0.2) is 9.48 Å². The van der Waals surface area contributed by atoms with Gasteiger partial charge in [0.05, 0.1) is 19.3 Å². The van der Waals surface area contributed by atoms with Crippen LogP contribution in [0.15, 0.2) is 45.9 Å². The molecule has 128 valence electrons. The first kappa shape index (κ1) is 15.4. The van der Waals surface area contributed by atoms with Crippen molar-refractivity contribution in [1.82, 2.24) is 19.9 Å². The summed E-state index contributed by atoms with van der Waals surface area (Å²) < 4.78 is 12.3. The van der Waals surface area contributed by atoms with Gasteiger partial charge in [0.25, 0.3) is 5.91 Å². The summed E-state index contributed by atoms with van der Waals surface area (Å²) in [5, 5.41) is 8.42. The highest BCUT2D eigenvalue weighted by Gasteiger charge is 2.30. The van der Waals surface area contributed by atoms with Gasteiger partial charge in [-0.15, -0.1) is 5.10 Å². The molecule has 1 atom stereocenters. The van der Waals surface area contributed by atoms with E-state index in [0.717, 1.165) is 6.42 Å². The minimum absolute atomic E-state index is 0.0278. The Bertz CT molecular complexity index is 980. The van der Waals surface area contributed by atoms with Gasteiger partial charge in [-0.2, -0.15) is 0 Å². The molecule has 8 heteroatoms. The van der Waals surface area contributed by atoms with E-state index in [1.54, 1.807) is 46.2 Å². The number of fused-ring (bicyclic) bond motifs is 1. The minimum Gasteiger partial charge on any atom is -0.493 e. The topological polar surface area (TPSA) is 90.5 Å². The summed E-state index contributed by atoms with van der Waals surface area (Å²) in [7, 11) is 1.50. The van der Waals surface area contributed by atoms with Crippen molar-refractivity contribution in [2.24, 2.45) is 0 Å². The Kier molecular flexibility index (Phi) is 3.72. The molecule has 1 aliphatic rings. The average molecular weight is 340 g/mol. The number of benzene rings is 1. The molecule has 3 heterocycles. The highest BCUT2D eigenvalue weighted by Crippen LogP contribution is 2.26. The number of rotatable bonds is 3. The Hall–Kier alpha value is -3.16. The van der Waals surface area contributed by atoms with E-state index in [0.29, 0.717) is 29.8 Å². The molecule has 25 heavy (non-hydrogen) atoms. The molecule has 0 unspecified atom stereocenters. The third-order valence-corrected chi connectivity index (χ3v) is 4.44. The summed E-state index contributed by atoms with van der Waals surface area (Å²) in [6.45, 7) is 1.04. The monoisotopic (exact) mass is 340 g/mol. The Balaban J connectivity index is 1.64. The number of carbonyl (C=O) groups excluding carboxylic acids is 1. The molecule has 1 aromatic carbocycles. The Labute approximate surface area is 142 Å². The second-order valence-electron chi connectivity index (χ2n) is 5.90. The Morgan fingerprint density at radius 1 is 1.40 bits per heavy atom. The summed E-state index contributed by atoms with van der Waals surface area (Å²) in [4.78, 5) is 26.7. The van der Waals surface area contributed by atoms with Crippen molar-refractivity contribution in [3.8, 4) is 5.75 Å². The maximum absolute atomic E-state index is 12.8. The van der Waals surface area contributed by atoms with E-state index in [9.17, 15) is 9.59 Å². The number of hydrogen-bond acceptors (Lipinski definition) is 6. The number of hydrogen-bond donors (Lipinski definition) is 0. The fourth-order valence-electron chi connectivity index (χ4n) is 3.15. The number of aromatic nitrogens is 3. The van der Waals surface area contributed by atoms with Crippen molar-refractivity contribution in [3.05, 3.63) is 52.6 Å². The third kappa shape index (κ3) is 2.65. The number of amides is 1. The maximum atomic E-state index is 12.8. The van der Waals surface area contributed by atoms with Crippen LogP contribution in [-0.2, 0) is 0 Å². The summed E-state index contributed by atoms with van der Waals surface area (Å²) >= 11 is 0. The van der Waals surface area contributed by atoms with Crippen molar-refractivity contribution < 1.29 is 13.9 Å². The van der Waals surface area contributed by atoms with Crippen LogP contribution in [0.1, 0.15) is 22.8 Å². The standard InChI is InChI=1S/C17H16N4O4/c1-24-14-4-2-3-11-9-13(17(23)25-15(11)14)16(22)20-7-5-12(10-20)21-8-6-18-19-21/h2-4,6,8-9,12H,5,7,10H2,1H3/t12-/m1/s1. The van der Waals surface area contributed by atoms with Gasteiger partial charge in [0, 0.05) is 24.7 Å². The van der Waals surface area contributed by atoms with Gasteiger partial charge in [-0.1, -0.05) is 17.3 Å². The maximum Gasteiger partial charge on any atom is 0.349 e. The summed E-state index contributed by atoms with van der Waals surface area (Å²) in [5.74, 6) is 0.127. The van der Waals surface area contributed by atoms with Crippen molar-refractivity contribution >= 4 is 16.9 Å². The van der Waals surface area contributed by atoms with Crippen molar-refractivity contribution in [1.29, 1.82) is 0 Å². The lowest BCUT2D eigenvalue weighted by Crippen LogP contribution is -2.32. The highest BCUT2D eigenvalue weighted by atomic mass is 16.5. The van der Waals surface area contributed by atoms with E-state index in [-0.39, 0.29) is 17.5 Å². The second kappa shape index (κ2) is 6.04. The molecule has 0 radical (unpaired) electrons. The van der Waals surface area contributed by atoms with E-state index in [4.69, 9.17) is 9.15 Å². The molecule has 3 aromatic rings. The van der Waals surface area contributed by atoms with Crippen LogP contribution in [0.5, 0.6) is 5.75 Å². The molecule has 2 aromatic heterocycles. The first-order chi connectivity index (χ1) is 12.2. The number of para-hydroxylation sites is 1. The SMILES string of the molecule is COc1cccc2cc(C(=O)N3CC[C@@H](n4ccnn4)C3)c(=O)oc12. The number of methoxy groups -OCH3 is 1. The van der Waals surface area contributed by atoms with Crippen LogP contribution < -0.4 is 10.4 Å². The predicted molar refractivity (Wildman–Crippen MR) is 88.6 cm³/mol. The highest BCUT2D eigenvalue weighted by molar-refractivity contribution is 5.97. The van der Waals surface area contributed by atoms with E-state index in [2.05, 4.69) is 10.3 Å². The Morgan fingerprint density at radius 3 is 3.04 bits per heavy atom. The van der Waals surface area contributed by atoms with Gasteiger partial charge < -0.3 is 14.1 Å². The normalized spacial score (nSPS) is 17.2. The fourth-order valence-corrected chi connectivity index (χ4v) is 3.15. The molecule has 8 nitrogen and oxygen atoms in total. The molecule has 1 saturated heterocycles. The zero-order valence-corrected chi connectivity index (χ0v) is 13.6. The number of carbonyl (C=O) groups is 1. The van der Waals surface area contributed by atoms with Crippen molar-refractivity contribution in [2.45, 2.75) is 12.5 Å². The smallest absolute Gasteiger partial charge is 0.349 e. The molecule has 0 bridgehead atoms. The molecule has 1 aliphatic heterocycles. The molecule has 1 fully saturated rings. The van der Waals surface area contributed by atoms with Crippen molar-refractivity contribution in [3.63, 3.8) is 0 Å². The molecule has 0 spiro atoms. The summed E-state index contributed by atoms with van der Waals surface area (Å²) in [6.07, 6.45) is 4.15. The van der Waals surface area contributed by atoms with Gasteiger partial charge in [0.15, 0.2) is 11.3 Å². The van der Waals surface area contributed by atoms with Crippen LogP contribution >= 0.6 is 0 Å². The molecular weight excluding hydrogens is 324 g/mol. The Morgan fingerprint density at radius 2 is 2.28 bits per heavy atom. The van der Waals surface area contributed by atoms with Gasteiger partial charge in [0.2, 0.25) is 0 Å². The van der Waals surface area contributed by atoms with Gasteiger partial charge >= 0.3 is 5.63 Å². The molecule has 0 N–H and O–H groups in total. The van der Waals surface area contributed by atoms with E-state index in [1.807, 2.05) is 0 Å². The van der Waals surface area contributed by atoms with E-state index in [1.165, 1.54) is 7.11 Å². The zero-order valence-electron chi connectivity index (χ0n) is 13.6. The van der Waals surface area contributed by atoms with Gasteiger partial charge in [0.1, 0.15) is 5.56 Å². The molecule has 0 aliphatic carbocycles. The fraction of sp³-hybridized carbons (Fsp3) is 0.294. The van der Waals surface area contributed by atoms with Crippen LogP contribution in [0.2, 0.25) is 0 Å². The van der Waals surface area contributed by atoms with Crippen LogP contribution in [-0.4, -0.2) is 46.0 Å². The van der Waals surface area contributed by atoms with Crippen LogP contribution in [0.4, 0.5) is 0 Å². The number of ether oxygens (including phenoxy) is 1. The van der Waals surface area contributed by atoms with Crippen LogP contribution in [0.25, 0.3) is 11.0 Å². The first-order valence-electron chi connectivity index (χ1n) is 7.93. The third-order valence-electron chi connectivity index (χ3n) is 4.44. The summed E-state index contributed by atoms with van der Waals surface area (Å²) in [6, 6.07) is 6.90. The average Bonchev–Trinajstić information content (AvgIpc) is 3.31. The predicted octanol–water partition coefficient (Wildman–Crippen LogP) is 1.48. The van der Waals surface area contributed by atoms with Gasteiger partial charge in [-0.05, 0) is 18.6 Å². The lowest BCUT2D eigenvalue weighted by atomic mass is 10.1. The second-order valence-corrected chi connectivity index (χ2v) is 5.90. The molecular formula is C17H16N4O4. The minimum atomic E-state index is -0.661. The van der Waals surface area contributed by atoms with E-state index >= 15 is 0 Å². The molecule has 4 rings (SSSR count). The van der Waals surface area contributed by atoms with Gasteiger partial charge in [-0.3, -0.25) is 4.79 Å². The quantitative estimate of drug-likeness (QED) is 0.671. The zero-order chi connectivity index (χ0) is 17.4. The number of likely N-dealkylation sites (tertiary alicyclic amines) is 1. The lowest BCUT2D eigenvalue weighted by molar-refractivity contribution is 0.0783. The first-order valence-corrected chi connectivity index (χ1v) is 7.93. The molecule has 0 saturated carbocycles. The number of nitrogens with zero attached hydrogens (tertiary/aromatic N) is 4. The van der Waals surface area contributed by atoms with Crippen LogP contribution in [0, 0.1) is 0 Å². The lowest BCUT2D eigenvalue weighted by Gasteiger charge is -2.16. The van der Waals surface area contributed by atoms with Crippen molar-refractivity contribution in [2.75, 3.05) is 20.2 Å². The molecule has 1 amide bonds. The summed E-state index contributed by atoms with van der Waals surface area (Å²) in [5.41, 5.74) is -0.292. The van der Waals surface area contributed by atoms with E-state index < -0.39 is 5.63 Å². The van der Waals surface area contributed by atoms with Crippen LogP contribution in [0.3, 0.4) is 0 Å². The largest absolute Gasteiger partial charge is 0.493 e.